The molecule has 122 valence electrons. The maximum atomic E-state index is 11.8. The number of primary sulfonamides is 1. The van der Waals surface area contributed by atoms with Crippen molar-refractivity contribution in [1.29, 1.82) is 0 Å². The number of hydrogen-bond acceptors (Lipinski definition) is 5. The number of H-pyrrole nitrogens is 1. The van der Waals surface area contributed by atoms with Crippen LogP contribution < -0.4 is 10.7 Å². The summed E-state index contributed by atoms with van der Waals surface area (Å²) < 4.78 is 22.4. The van der Waals surface area contributed by atoms with Crippen molar-refractivity contribution in [2.24, 2.45) is 10.1 Å². The van der Waals surface area contributed by atoms with E-state index in [4.69, 9.17) is 5.14 Å². The van der Waals surface area contributed by atoms with Gasteiger partial charge in [-0.25, -0.2) is 13.6 Å². The minimum atomic E-state index is -3.76. The molecule has 8 heteroatoms. The molecule has 7 nitrogen and oxygen atoms in total. The summed E-state index contributed by atoms with van der Waals surface area (Å²) in [5, 5.41) is 16.0. The van der Waals surface area contributed by atoms with Crippen LogP contribution in [0.2, 0.25) is 0 Å². The first-order chi connectivity index (χ1) is 11.4. The molecule has 0 bridgehead atoms. The normalized spacial score (nSPS) is 12.0. The number of nitrogens with two attached hydrogens (primary N) is 1. The fraction of sp³-hybridized carbons (Fsp3) is 0. The number of nitrogens with one attached hydrogen (secondary N) is 1. The summed E-state index contributed by atoms with van der Waals surface area (Å²) >= 11 is 0. The molecule has 0 aliphatic heterocycles. The second-order valence-corrected chi connectivity index (χ2v) is 6.62. The first-order valence-electron chi connectivity index (χ1n) is 6.87. The van der Waals surface area contributed by atoms with E-state index >= 15 is 0 Å². The van der Waals surface area contributed by atoms with Crippen molar-refractivity contribution in [3.8, 4) is 5.88 Å². The van der Waals surface area contributed by atoms with Crippen molar-refractivity contribution in [2.75, 3.05) is 0 Å². The smallest absolute Gasteiger partial charge is 0.258 e. The summed E-state index contributed by atoms with van der Waals surface area (Å²) in [6.07, 6.45) is 1.40. The van der Waals surface area contributed by atoms with Crippen molar-refractivity contribution in [3.05, 3.63) is 64.4 Å². The zero-order valence-corrected chi connectivity index (χ0v) is 13.1. The molecule has 0 spiro atoms. The molecule has 0 saturated carbocycles. The van der Waals surface area contributed by atoms with E-state index in [1.54, 1.807) is 24.3 Å². The van der Waals surface area contributed by atoms with Gasteiger partial charge in [0.15, 0.2) is 0 Å². The van der Waals surface area contributed by atoms with E-state index < -0.39 is 15.6 Å². The van der Waals surface area contributed by atoms with Crippen molar-refractivity contribution in [2.45, 2.75) is 4.90 Å². The van der Waals surface area contributed by atoms with Crippen LogP contribution in [0.15, 0.2) is 63.2 Å². The van der Waals surface area contributed by atoms with Gasteiger partial charge in [-0.3, -0.25) is 14.8 Å². The van der Waals surface area contributed by atoms with Crippen LogP contribution in [0.25, 0.3) is 10.8 Å². The van der Waals surface area contributed by atoms with E-state index in [0.717, 1.165) is 0 Å². The van der Waals surface area contributed by atoms with Crippen molar-refractivity contribution < 1.29 is 13.5 Å². The van der Waals surface area contributed by atoms with Gasteiger partial charge in [-0.05, 0) is 30.3 Å². The first kappa shape index (κ1) is 15.9. The Bertz CT molecular complexity index is 1100. The molecule has 2 aromatic carbocycles. The molecular formula is C16H13N3O4S. The third-order valence-electron chi connectivity index (χ3n) is 3.46. The maximum absolute atomic E-state index is 11.8. The van der Waals surface area contributed by atoms with Crippen LogP contribution in [0.5, 0.6) is 5.88 Å². The molecule has 4 N–H and O–H groups in total. The lowest BCUT2D eigenvalue weighted by Crippen LogP contribution is -2.11. The van der Waals surface area contributed by atoms with Gasteiger partial charge in [0.05, 0.1) is 16.1 Å². The predicted molar refractivity (Wildman–Crippen MR) is 91.3 cm³/mol. The Hall–Kier alpha value is -2.97. The Kier molecular flexibility index (Phi) is 3.92. The van der Waals surface area contributed by atoms with E-state index in [1.807, 2.05) is 0 Å². The Morgan fingerprint density at radius 1 is 1.04 bits per heavy atom. The van der Waals surface area contributed by atoms with Gasteiger partial charge in [-0.2, -0.15) is 0 Å². The Balaban J connectivity index is 2.04. The van der Waals surface area contributed by atoms with Gasteiger partial charge in [0, 0.05) is 17.0 Å². The van der Waals surface area contributed by atoms with E-state index in [-0.39, 0.29) is 10.8 Å². The molecule has 0 saturated heterocycles. The number of aromatic nitrogens is 1. The predicted octanol–water partition coefficient (Wildman–Crippen LogP) is 1.63. The number of pyridine rings is 1. The number of aromatic hydroxyl groups is 1. The van der Waals surface area contributed by atoms with Crippen LogP contribution in [0, 0.1) is 0 Å². The van der Waals surface area contributed by atoms with Crippen LogP contribution in [-0.2, 0) is 10.0 Å². The van der Waals surface area contributed by atoms with Gasteiger partial charge >= 0.3 is 0 Å². The first-order valence-corrected chi connectivity index (χ1v) is 8.42. The van der Waals surface area contributed by atoms with Gasteiger partial charge in [0.2, 0.25) is 15.9 Å². The third kappa shape index (κ3) is 3.05. The van der Waals surface area contributed by atoms with Gasteiger partial charge < -0.3 is 5.11 Å². The van der Waals surface area contributed by atoms with Crippen molar-refractivity contribution in [1.82, 2.24) is 4.98 Å². The molecule has 0 amide bonds. The SMILES string of the molecule is NS(=O)(=O)c1ccc(N=Cc2c(O)[nH]c(=O)c3ccccc23)cc1. The maximum Gasteiger partial charge on any atom is 0.258 e. The average molecular weight is 343 g/mol. The average Bonchev–Trinajstić information content (AvgIpc) is 2.54. The van der Waals surface area contributed by atoms with Crippen LogP contribution in [0.3, 0.4) is 0 Å². The largest absolute Gasteiger partial charge is 0.494 e. The number of sulfonamides is 1. The summed E-state index contributed by atoms with van der Waals surface area (Å²) in [6.45, 7) is 0. The van der Waals surface area contributed by atoms with Crippen LogP contribution in [0.4, 0.5) is 5.69 Å². The summed E-state index contributed by atoms with van der Waals surface area (Å²) in [5.41, 5.74) is 0.440. The Morgan fingerprint density at radius 3 is 2.29 bits per heavy atom. The molecule has 1 aromatic heterocycles. The van der Waals surface area contributed by atoms with Crippen molar-refractivity contribution >= 4 is 32.7 Å². The zero-order valence-electron chi connectivity index (χ0n) is 12.3. The summed E-state index contributed by atoms with van der Waals surface area (Å²) in [7, 11) is -3.76. The summed E-state index contributed by atoms with van der Waals surface area (Å²) in [5.74, 6) is -0.288. The van der Waals surface area contributed by atoms with E-state index in [2.05, 4.69) is 9.98 Å². The Morgan fingerprint density at radius 2 is 1.67 bits per heavy atom. The highest BCUT2D eigenvalue weighted by Crippen LogP contribution is 2.22. The van der Waals surface area contributed by atoms with Crippen LogP contribution in [-0.4, -0.2) is 24.7 Å². The lowest BCUT2D eigenvalue weighted by atomic mass is 10.1. The van der Waals surface area contributed by atoms with Gasteiger partial charge in [0.1, 0.15) is 0 Å². The van der Waals surface area contributed by atoms with Crippen LogP contribution >= 0.6 is 0 Å². The fourth-order valence-electron chi connectivity index (χ4n) is 2.28. The van der Waals surface area contributed by atoms with E-state index in [9.17, 15) is 18.3 Å². The van der Waals surface area contributed by atoms with Crippen LogP contribution in [0.1, 0.15) is 5.56 Å². The second kappa shape index (κ2) is 5.91. The second-order valence-electron chi connectivity index (χ2n) is 5.06. The number of aromatic amines is 1. The highest BCUT2D eigenvalue weighted by Gasteiger charge is 2.09. The third-order valence-corrected chi connectivity index (χ3v) is 4.39. The molecule has 0 aliphatic carbocycles. The molecule has 3 aromatic rings. The highest BCUT2D eigenvalue weighted by atomic mass is 32.2. The van der Waals surface area contributed by atoms with E-state index in [0.29, 0.717) is 22.0 Å². The van der Waals surface area contributed by atoms with Gasteiger partial charge in [-0.1, -0.05) is 18.2 Å². The van der Waals surface area contributed by atoms with Gasteiger partial charge in [0.25, 0.3) is 5.56 Å². The number of fused-ring (bicyclic) bond motifs is 1. The van der Waals surface area contributed by atoms with Gasteiger partial charge in [-0.15, -0.1) is 0 Å². The monoisotopic (exact) mass is 343 g/mol. The zero-order chi connectivity index (χ0) is 17.3. The number of aliphatic imine (C=N–C) groups is 1. The molecule has 0 fully saturated rings. The summed E-state index contributed by atoms with van der Waals surface area (Å²) in [4.78, 5) is 18.4. The molecule has 0 unspecified atom stereocenters. The molecule has 3 rings (SSSR count). The quantitative estimate of drug-likeness (QED) is 0.625. The number of nitrogens with zero attached hydrogens (tertiary/aromatic N) is 1. The summed E-state index contributed by atoms with van der Waals surface area (Å²) in [6, 6.07) is 12.5. The molecule has 1 heterocycles. The number of hydrogen-bond donors (Lipinski definition) is 3. The molecule has 24 heavy (non-hydrogen) atoms. The van der Waals surface area contributed by atoms with E-state index in [1.165, 1.54) is 30.5 Å². The fourth-order valence-corrected chi connectivity index (χ4v) is 2.79. The minimum absolute atomic E-state index is 0.0150. The highest BCUT2D eigenvalue weighted by molar-refractivity contribution is 7.89. The minimum Gasteiger partial charge on any atom is -0.494 e. The number of rotatable bonds is 3. The lowest BCUT2D eigenvalue weighted by Gasteiger charge is -2.04. The Labute approximate surface area is 137 Å². The lowest BCUT2D eigenvalue weighted by molar-refractivity contribution is 0.452. The standard InChI is InChI=1S/C16H13N3O4S/c17-24(22,23)11-7-5-10(6-8-11)18-9-14-12-3-1-2-4-13(12)15(20)19-16(14)21/h1-9H,(H2,17,22,23)(H2,19,20,21). The molecule has 0 atom stereocenters. The molecule has 0 radical (unpaired) electrons. The topological polar surface area (TPSA) is 126 Å². The number of benzene rings is 2. The molecular weight excluding hydrogens is 330 g/mol. The molecule has 0 aliphatic rings. The van der Waals surface area contributed by atoms with Crippen molar-refractivity contribution in [3.63, 3.8) is 0 Å².